The van der Waals surface area contributed by atoms with Crippen LogP contribution in [-0.4, -0.2) is 48.5 Å². The van der Waals surface area contributed by atoms with Crippen LogP contribution in [0.3, 0.4) is 0 Å². The first-order valence-electron chi connectivity index (χ1n) is 7.72. The van der Waals surface area contributed by atoms with Gasteiger partial charge in [0.25, 0.3) is 5.91 Å². The molecule has 0 aromatic heterocycles. The molecule has 0 bridgehead atoms. The van der Waals surface area contributed by atoms with Gasteiger partial charge in [-0.25, -0.2) is 26.6 Å². The van der Waals surface area contributed by atoms with Gasteiger partial charge in [0.05, 0.1) is 17.5 Å². The Morgan fingerprint density at radius 3 is 2.42 bits per heavy atom. The molecule has 0 aliphatic carbocycles. The van der Waals surface area contributed by atoms with Crippen molar-refractivity contribution < 1.29 is 31.2 Å². The molecule has 2 aliphatic rings. The van der Waals surface area contributed by atoms with Crippen molar-refractivity contribution in [2.45, 2.75) is 25.3 Å². The van der Waals surface area contributed by atoms with Gasteiger partial charge < -0.3 is 5.32 Å². The fourth-order valence-corrected chi connectivity index (χ4v) is 4.51. The second-order valence-electron chi connectivity index (χ2n) is 6.05. The number of rotatable bonds is 3. The number of hydrogen-bond acceptors (Lipinski definition) is 5. The molecule has 7 nitrogen and oxygen atoms in total. The highest BCUT2D eigenvalue weighted by Crippen LogP contribution is 2.23. The smallest absolute Gasteiger partial charge is 0.271 e. The molecule has 2 heterocycles. The highest BCUT2D eigenvalue weighted by atomic mass is 32.2. The van der Waals surface area contributed by atoms with Crippen molar-refractivity contribution in [2.24, 2.45) is 5.10 Å². The molecule has 3 rings (SSSR count). The summed E-state index contributed by atoms with van der Waals surface area (Å²) >= 11 is 0. The van der Waals surface area contributed by atoms with Crippen molar-refractivity contribution in [3.8, 4) is 0 Å². The van der Waals surface area contributed by atoms with Crippen LogP contribution in [0.1, 0.15) is 19.3 Å². The average Bonchev–Trinajstić information content (AvgIpc) is 2.92. The van der Waals surface area contributed by atoms with E-state index in [2.05, 4.69) is 10.4 Å². The minimum Gasteiger partial charge on any atom is -0.321 e. The largest absolute Gasteiger partial charge is 0.321 e. The maximum Gasteiger partial charge on any atom is 0.271 e. The molecule has 26 heavy (non-hydrogen) atoms. The number of nitrogens with one attached hydrogen (secondary N) is 1. The summed E-state index contributed by atoms with van der Waals surface area (Å²) in [5.41, 5.74) is -0.389. The van der Waals surface area contributed by atoms with Crippen molar-refractivity contribution >= 4 is 33.1 Å². The zero-order chi connectivity index (χ0) is 19.1. The van der Waals surface area contributed by atoms with Crippen LogP contribution >= 0.6 is 0 Å². The van der Waals surface area contributed by atoms with Gasteiger partial charge in [-0.1, -0.05) is 0 Å². The van der Waals surface area contributed by atoms with Gasteiger partial charge in [-0.3, -0.25) is 9.59 Å². The quantitative estimate of drug-likeness (QED) is 0.786. The van der Waals surface area contributed by atoms with Crippen LogP contribution in [0.15, 0.2) is 17.2 Å². The molecular formula is C15H14F3N3O4S. The fourth-order valence-electron chi connectivity index (χ4n) is 2.82. The molecule has 0 spiro atoms. The van der Waals surface area contributed by atoms with Crippen molar-refractivity contribution in [2.75, 3.05) is 16.8 Å². The summed E-state index contributed by atoms with van der Waals surface area (Å²) < 4.78 is 62.5. The molecule has 1 fully saturated rings. The minimum atomic E-state index is -3.25. The van der Waals surface area contributed by atoms with Crippen LogP contribution in [0, 0.1) is 17.5 Å². The Morgan fingerprint density at radius 1 is 1.19 bits per heavy atom. The van der Waals surface area contributed by atoms with E-state index in [-0.39, 0.29) is 42.2 Å². The van der Waals surface area contributed by atoms with E-state index in [1.165, 1.54) is 0 Å². The van der Waals surface area contributed by atoms with Gasteiger partial charge in [-0.15, -0.1) is 0 Å². The Labute approximate surface area is 146 Å². The number of carbonyl (C=O) groups is 2. The van der Waals surface area contributed by atoms with Crippen molar-refractivity contribution in [1.82, 2.24) is 5.01 Å². The average molecular weight is 389 g/mol. The van der Waals surface area contributed by atoms with E-state index in [1.54, 1.807) is 0 Å². The Bertz CT molecular complexity index is 894. The van der Waals surface area contributed by atoms with Crippen LogP contribution in [0.5, 0.6) is 0 Å². The number of hydrazone groups is 1. The highest BCUT2D eigenvalue weighted by molar-refractivity contribution is 7.91. The SMILES string of the molecule is O=C(Nc1cc(F)c(F)c(F)c1)C1=NN(C2CCS(=O)(=O)C2)C(=O)CC1. The van der Waals surface area contributed by atoms with Crippen LogP contribution in [0.2, 0.25) is 0 Å². The molecule has 0 saturated carbocycles. The number of amides is 2. The Hall–Kier alpha value is -2.43. The highest BCUT2D eigenvalue weighted by Gasteiger charge is 2.37. The summed E-state index contributed by atoms with van der Waals surface area (Å²) in [5.74, 6) is -6.08. The molecule has 1 atom stereocenters. The second kappa shape index (κ2) is 6.71. The monoisotopic (exact) mass is 389 g/mol. The lowest BCUT2D eigenvalue weighted by Gasteiger charge is -2.27. The van der Waals surface area contributed by atoms with E-state index in [9.17, 15) is 31.2 Å². The Balaban J connectivity index is 1.78. The minimum absolute atomic E-state index is 0.00715. The first kappa shape index (κ1) is 18.4. The third-order valence-electron chi connectivity index (χ3n) is 4.12. The first-order valence-corrected chi connectivity index (χ1v) is 9.54. The molecule has 0 radical (unpaired) electrons. The number of halogens is 3. The lowest BCUT2D eigenvalue weighted by atomic mass is 10.1. The molecule has 1 aromatic rings. The number of sulfone groups is 1. The molecule has 1 N–H and O–H groups in total. The molecule has 1 unspecified atom stereocenters. The maximum absolute atomic E-state index is 13.2. The van der Waals surface area contributed by atoms with Crippen LogP contribution in [0.25, 0.3) is 0 Å². The molecule has 140 valence electrons. The second-order valence-corrected chi connectivity index (χ2v) is 8.28. The summed E-state index contributed by atoms with van der Waals surface area (Å²) in [7, 11) is -3.25. The summed E-state index contributed by atoms with van der Waals surface area (Å²) in [6.45, 7) is 0. The molecule has 2 aliphatic heterocycles. The van der Waals surface area contributed by atoms with Gasteiger partial charge in [0.2, 0.25) is 5.91 Å². The van der Waals surface area contributed by atoms with E-state index >= 15 is 0 Å². The zero-order valence-electron chi connectivity index (χ0n) is 13.3. The summed E-state index contributed by atoms with van der Waals surface area (Å²) in [6, 6.07) is 0.592. The zero-order valence-corrected chi connectivity index (χ0v) is 14.2. The maximum atomic E-state index is 13.2. The number of carbonyl (C=O) groups excluding carboxylic acids is 2. The van der Waals surface area contributed by atoms with Gasteiger partial charge in [-0.05, 0) is 6.42 Å². The summed E-state index contributed by atoms with van der Waals surface area (Å²) in [4.78, 5) is 24.2. The topological polar surface area (TPSA) is 95.9 Å². The number of nitrogens with zero attached hydrogens (tertiary/aromatic N) is 2. The predicted molar refractivity (Wildman–Crippen MR) is 85.5 cm³/mol. The first-order chi connectivity index (χ1) is 12.2. The van der Waals surface area contributed by atoms with Gasteiger partial charge in [0.1, 0.15) is 5.71 Å². The van der Waals surface area contributed by atoms with E-state index in [0.29, 0.717) is 12.1 Å². The van der Waals surface area contributed by atoms with Gasteiger partial charge in [0, 0.05) is 30.7 Å². The lowest BCUT2D eigenvalue weighted by molar-refractivity contribution is -0.133. The van der Waals surface area contributed by atoms with Crippen LogP contribution in [0.4, 0.5) is 18.9 Å². The Kier molecular flexibility index (Phi) is 4.74. The number of anilines is 1. The third-order valence-corrected chi connectivity index (χ3v) is 5.87. The molecule has 1 saturated heterocycles. The fraction of sp³-hybridized carbons (Fsp3) is 0.400. The van der Waals surface area contributed by atoms with Crippen molar-refractivity contribution in [3.63, 3.8) is 0 Å². The number of benzene rings is 1. The standard InChI is InChI=1S/C15H14F3N3O4S/c16-10-5-8(6-11(17)14(10)18)19-15(23)12-1-2-13(22)21(20-12)9-3-4-26(24,25)7-9/h5-6,9H,1-4,7H2,(H,19,23). The Morgan fingerprint density at radius 2 is 1.85 bits per heavy atom. The van der Waals surface area contributed by atoms with E-state index in [0.717, 1.165) is 5.01 Å². The van der Waals surface area contributed by atoms with E-state index < -0.39 is 45.1 Å². The molecule has 2 amide bonds. The predicted octanol–water partition coefficient (Wildman–Crippen LogP) is 1.21. The third kappa shape index (κ3) is 3.71. The van der Waals surface area contributed by atoms with E-state index in [1.807, 2.05) is 0 Å². The van der Waals surface area contributed by atoms with Gasteiger partial charge in [-0.2, -0.15) is 5.10 Å². The van der Waals surface area contributed by atoms with Crippen molar-refractivity contribution in [3.05, 3.63) is 29.6 Å². The molecule has 1 aromatic carbocycles. The molecular weight excluding hydrogens is 375 g/mol. The van der Waals surface area contributed by atoms with Crippen LogP contribution in [-0.2, 0) is 19.4 Å². The van der Waals surface area contributed by atoms with Crippen LogP contribution < -0.4 is 5.32 Å². The lowest BCUT2D eigenvalue weighted by Crippen LogP contribution is -2.42. The van der Waals surface area contributed by atoms with Gasteiger partial charge in [0.15, 0.2) is 27.3 Å². The summed E-state index contributed by atoms with van der Waals surface area (Å²) in [6.07, 6.45) is 0.169. The summed E-state index contributed by atoms with van der Waals surface area (Å²) in [5, 5.41) is 7.12. The molecule has 11 heteroatoms. The normalized spacial score (nSPS) is 22.3. The van der Waals surface area contributed by atoms with Crippen molar-refractivity contribution in [1.29, 1.82) is 0 Å². The van der Waals surface area contributed by atoms with E-state index in [4.69, 9.17) is 0 Å². The number of hydrogen-bond donors (Lipinski definition) is 1. The van der Waals surface area contributed by atoms with Gasteiger partial charge >= 0.3 is 0 Å².